The number of carbonyl (C=O) groups excluding carboxylic acids is 2. The van der Waals surface area contributed by atoms with E-state index >= 15 is 0 Å². The van der Waals surface area contributed by atoms with Crippen molar-refractivity contribution in [1.82, 2.24) is 4.98 Å². The van der Waals surface area contributed by atoms with Gasteiger partial charge in [0, 0.05) is 18.2 Å². The number of nitrogens with zero attached hydrogens (tertiary/aromatic N) is 1. The molecule has 0 spiro atoms. The van der Waals surface area contributed by atoms with Crippen LogP contribution in [0.5, 0.6) is 0 Å². The normalized spacial score (nSPS) is 11.2. The van der Waals surface area contributed by atoms with Crippen molar-refractivity contribution < 1.29 is 23.5 Å². The third-order valence-electron chi connectivity index (χ3n) is 2.54. The topological polar surface area (TPSA) is 105 Å². The number of methoxy groups -OCH3 is 2. The highest BCUT2D eigenvalue weighted by Gasteiger charge is 2.14. The molecule has 0 bridgehead atoms. The summed E-state index contributed by atoms with van der Waals surface area (Å²) in [4.78, 5) is 25.4. The van der Waals surface area contributed by atoms with Crippen LogP contribution in [0.3, 0.4) is 0 Å². The van der Waals surface area contributed by atoms with Crippen LogP contribution in [0.2, 0.25) is 0 Å². The molecule has 0 aliphatic heterocycles. The van der Waals surface area contributed by atoms with Gasteiger partial charge in [0.25, 0.3) is 0 Å². The van der Waals surface area contributed by atoms with E-state index in [1.807, 2.05) is 0 Å². The van der Waals surface area contributed by atoms with Gasteiger partial charge in [-0.3, -0.25) is 0 Å². The van der Waals surface area contributed by atoms with Crippen molar-refractivity contribution in [2.45, 2.75) is 0 Å². The average Bonchev–Trinajstić information content (AvgIpc) is 3.00. The van der Waals surface area contributed by atoms with Gasteiger partial charge in [0.05, 0.1) is 19.7 Å². The molecule has 2 rings (SSSR count). The molecule has 0 atom stereocenters. The second-order valence-electron chi connectivity index (χ2n) is 3.76. The van der Waals surface area contributed by atoms with Gasteiger partial charge in [0.1, 0.15) is 23.1 Å². The Labute approximate surface area is 113 Å². The zero-order valence-electron chi connectivity index (χ0n) is 10.7. The van der Waals surface area contributed by atoms with Crippen molar-refractivity contribution >= 4 is 29.1 Å². The van der Waals surface area contributed by atoms with Gasteiger partial charge < -0.3 is 18.9 Å². The molecule has 7 heteroatoms. The molecule has 1 N–H and O–H groups in total. The first-order chi connectivity index (χ1) is 9.58. The van der Waals surface area contributed by atoms with Gasteiger partial charge in [0.2, 0.25) is 0 Å². The van der Waals surface area contributed by atoms with Crippen molar-refractivity contribution in [2.75, 3.05) is 14.2 Å². The van der Waals surface area contributed by atoms with Crippen LogP contribution >= 0.6 is 0 Å². The van der Waals surface area contributed by atoms with E-state index in [1.54, 1.807) is 12.1 Å². The lowest BCUT2D eigenvalue weighted by atomic mass is 10.2. The monoisotopic (exact) mass is 274 g/mol. The van der Waals surface area contributed by atoms with E-state index in [-0.39, 0.29) is 11.3 Å². The molecule has 20 heavy (non-hydrogen) atoms. The molecule has 7 nitrogen and oxygen atoms in total. The molecule has 0 fully saturated rings. The highest BCUT2D eigenvalue weighted by molar-refractivity contribution is 5.98. The number of nitriles is 1. The largest absolute Gasteiger partial charge is 0.465 e. The van der Waals surface area contributed by atoms with Crippen LogP contribution in [0.4, 0.5) is 0 Å². The van der Waals surface area contributed by atoms with E-state index in [2.05, 4.69) is 14.5 Å². The Morgan fingerprint density at radius 3 is 2.65 bits per heavy atom. The molecule has 0 unspecified atom stereocenters. The number of hydrogen-bond acceptors (Lipinski definition) is 6. The second-order valence-corrected chi connectivity index (χ2v) is 3.76. The molecular weight excluding hydrogens is 264 g/mol. The molecule has 0 radical (unpaired) electrons. The number of esters is 2. The number of H-pyrrole nitrogens is 1. The molecular formula is C13H10N2O5. The second kappa shape index (κ2) is 5.32. The molecule has 0 aromatic carbocycles. The molecule has 0 saturated heterocycles. The van der Waals surface area contributed by atoms with Crippen LogP contribution in [0.1, 0.15) is 16.2 Å². The first-order valence-corrected chi connectivity index (χ1v) is 5.50. The van der Waals surface area contributed by atoms with E-state index in [0.717, 1.165) is 0 Å². The number of nitrogens with one attached hydrogen (secondary N) is 1. The zero-order chi connectivity index (χ0) is 14.7. The fourth-order valence-corrected chi connectivity index (χ4v) is 1.62. The lowest BCUT2D eigenvalue weighted by Gasteiger charge is -1.94. The van der Waals surface area contributed by atoms with E-state index in [0.29, 0.717) is 16.9 Å². The number of ether oxygens (including phenoxy) is 2. The summed E-state index contributed by atoms with van der Waals surface area (Å²) in [6.45, 7) is 0. The number of hydrogen-bond donors (Lipinski definition) is 1. The standard InChI is InChI=1S/C13H10N2O5/c1-18-12(16)7(6-14)3-8-4-9-11(20-8)5-10(15-9)13(17)19-2/h3-5,15H,1-2H3/b7-3+. The molecule has 0 amide bonds. The molecule has 102 valence electrons. The number of fused-ring (bicyclic) bond motifs is 1. The Morgan fingerprint density at radius 2 is 2.10 bits per heavy atom. The van der Waals surface area contributed by atoms with Gasteiger partial charge in [-0.05, 0) is 0 Å². The maximum atomic E-state index is 11.3. The fraction of sp³-hybridized carbons (Fsp3) is 0.154. The van der Waals surface area contributed by atoms with Crippen molar-refractivity contribution in [1.29, 1.82) is 5.26 Å². The first-order valence-electron chi connectivity index (χ1n) is 5.50. The minimum Gasteiger partial charge on any atom is -0.465 e. The summed E-state index contributed by atoms with van der Waals surface area (Å²) >= 11 is 0. The van der Waals surface area contributed by atoms with Crippen molar-refractivity contribution in [3.63, 3.8) is 0 Å². The van der Waals surface area contributed by atoms with Crippen molar-refractivity contribution in [3.05, 3.63) is 29.2 Å². The van der Waals surface area contributed by atoms with Gasteiger partial charge in [-0.15, -0.1) is 0 Å². The summed E-state index contributed by atoms with van der Waals surface area (Å²) in [6.07, 6.45) is 1.26. The minimum atomic E-state index is -0.747. The summed E-state index contributed by atoms with van der Waals surface area (Å²) < 4.78 is 14.4. The third-order valence-corrected chi connectivity index (χ3v) is 2.54. The number of aromatic nitrogens is 1. The Kier molecular flexibility index (Phi) is 3.57. The Morgan fingerprint density at radius 1 is 1.35 bits per heavy atom. The van der Waals surface area contributed by atoms with Crippen LogP contribution in [0.15, 0.2) is 22.1 Å². The summed E-state index contributed by atoms with van der Waals surface area (Å²) in [5.41, 5.74) is 1.04. The summed E-state index contributed by atoms with van der Waals surface area (Å²) in [7, 11) is 2.46. The third kappa shape index (κ3) is 2.40. The fourth-order valence-electron chi connectivity index (χ4n) is 1.62. The molecule has 0 saturated carbocycles. The van der Waals surface area contributed by atoms with Crippen molar-refractivity contribution in [3.8, 4) is 6.07 Å². The van der Waals surface area contributed by atoms with Gasteiger partial charge in [-0.25, -0.2) is 9.59 Å². The van der Waals surface area contributed by atoms with Crippen LogP contribution in [0, 0.1) is 11.3 Å². The molecule has 2 aromatic heterocycles. The minimum absolute atomic E-state index is 0.183. The highest BCUT2D eigenvalue weighted by atomic mass is 16.5. The molecule has 0 aliphatic rings. The van der Waals surface area contributed by atoms with Gasteiger partial charge in [-0.2, -0.15) is 5.26 Å². The molecule has 2 aromatic rings. The van der Waals surface area contributed by atoms with Gasteiger partial charge in [0.15, 0.2) is 5.58 Å². The van der Waals surface area contributed by atoms with Crippen molar-refractivity contribution in [2.24, 2.45) is 0 Å². The van der Waals surface area contributed by atoms with E-state index in [1.165, 1.54) is 26.4 Å². The van der Waals surface area contributed by atoms with E-state index in [9.17, 15) is 9.59 Å². The van der Waals surface area contributed by atoms with Crippen LogP contribution in [0.25, 0.3) is 17.2 Å². The maximum absolute atomic E-state index is 11.3. The van der Waals surface area contributed by atoms with Crippen LogP contribution < -0.4 is 0 Å². The lowest BCUT2D eigenvalue weighted by molar-refractivity contribution is -0.135. The first kappa shape index (κ1) is 13.4. The van der Waals surface area contributed by atoms with Gasteiger partial charge >= 0.3 is 11.9 Å². The predicted molar refractivity (Wildman–Crippen MR) is 67.5 cm³/mol. The molecule has 0 aliphatic carbocycles. The number of carbonyl (C=O) groups is 2. The average molecular weight is 274 g/mol. The number of furan rings is 1. The Balaban J connectivity index is 2.36. The zero-order valence-corrected chi connectivity index (χ0v) is 10.7. The maximum Gasteiger partial charge on any atom is 0.354 e. The van der Waals surface area contributed by atoms with E-state index in [4.69, 9.17) is 9.68 Å². The Bertz CT molecular complexity index is 713. The van der Waals surface area contributed by atoms with E-state index < -0.39 is 11.9 Å². The Hall–Kier alpha value is -3.01. The van der Waals surface area contributed by atoms with Crippen LogP contribution in [-0.2, 0) is 14.3 Å². The summed E-state index contributed by atoms with van der Waals surface area (Å²) in [5, 5.41) is 8.83. The number of rotatable bonds is 3. The number of aromatic amines is 1. The summed E-state index contributed by atoms with van der Waals surface area (Å²) in [6, 6.07) is 4.75. The smallest absolute Gasteiger partial charge is 0.354 e. The highest BCUT2D eigenvalue weighted by Crippen LogP contribution is 2.22. The van der Waals surface area contributed by atoms with Crippen LogP contribution in [-0.4, -0.2) is 31.1 Å². The quantitative estimate of drug-likeness (QED) is 0.518. The SMILES string of the molecule is COC(=O)/C(C#N)=C/c1cc2[nH]c(C(=O)OC)cc2o1. The summed E-state index contributed by atoms with van der Waals surface area (Å²) in [5.74, 6) is -0.965. The van der Waals surface area contributed by atoms with Gasteiger partial charge in [-0.1, -0.05) is 0 Å². The lowest BCUT2D eigenvalue weighted by Crippen LogP contribution is -2.02. The molecule has 2 heterocycles. The predicted octanol–water partition coefficient (Wildman–Crippen LogP) is 1.63.